The summed E-state index contributed by atoms with van der Waals surface area (Å²) in [5.41, 5.74) is 2.33. The molecular weight excluding hydrogens is 408 g/mol. The highest BCUT2D eigenvalue weighted by molar-refractivity contribution is 6.03. The van der Waals surface area contributed by atoms with Crippen LogP contribution in [0.1, 0.15) is 5.56 Å². The van der Waals surface area contributed by atoms with Crippen LogP contribution in [-0.4, -0.2) is 60.0 Å². The fourth-order valence-electron chi connectivity index (χ4n) is 3.49. The maximum atomic E-state index is 12.7. The van der Waals surface area contributed by atoms with Crippen LogP contribution in [0.2, 0.25) is 0 Å². The molecule has 0 radical (unpaired) electrons. The van der Waals surface area contributed by atoms with E-state index in [9.17, 15) is 14.4 Å². The van der Waals surface area contributed by atoms with Gasteiger partial charge in [0.15, 0.2) is 12.2 Å². The Balaban J connectivity index is 1.37. The van der Waals surface area contributed by atoms with Crippen LogP contribution in [0.4, 0.5) is 5.69 Å². The lowest BCUT2D eigenvalue weighted by atomic mass is 10.0. The van der Waals surface area contributed by atoms with E-state index >= 15 is 0 Å². The Kier molecular flexibility index (Phi) is 6.13. The molecule has 1 aliphatic rings. The summed E-state index contributed by atoms with van der Waals surface area (Å²) >= 11 is 0. The van der Waals surface area contributed by atoms with Crippen molar-refractivity contribution in [3.8, 4) is 0 Å². The molecule has 0 saturated carbocycles. The number of carbonyl (C=O) groups is 3. The fourth-order valence-corrected chi connectivity index (χ4v) is 3.49. The average molecular weight is 432 g/mol. The lowest BCUT2D eigenvalue weighted by Crippen LogP contribution is -2.49. The summed E-state index contributed by atoms with van der Waals surface area (Å²) in [4.78, 5) is 43.5. The van der Waals surface area contributed by atoms with Gasteiger partial charge < -0.3 is 20.3 Å². The van der Waals surface area contributed by atoms with Crippen molar-refractivity contribution in [2.45, 2.75) is 24.7 Å². The number of anilines is 1. The first-order valence-corrected chi connectivity index (χ1v) is 10.3. The third-order valence-electron chi connectivity index (χ3n) is 5.22. The molecule has 4 rings (SSSR count). The topological polar surface area (TPSA) is 104 Å². The van der Waals surface area contributed by atoms with Crippen LogP contribution in [0.5, 0.6) is 0 Å². The molecule has 164 valence electrons. The molecule has 2 unspecified atom stereocenters. The highest BCUT2D eigenvalue weighted by Crippen LogP contribution is 2.25. The van der Waals surface area contributed by atoms with E-state index in [0.29, 0.717) is 12.1 Å². The van der Waals surface area contributed by atoms with Crippen LogP contribution in [0, 0.1) is 0 Å². The summed E-state index contributed by atoms with van der Waals surface area (Å²) in [6.07, 6.45) is 0.225. The van der Waals surface area contributed by atoms with Crippen molar-refractivity contribution in [2.75, 3.05) is 19.4 Å². The predicted molar refractivity (Wildman–Crippen MR) is 120 cm³/mol. The Morgan fingerprint density at radius 1 is 1.00 bits per heavy atom. The Bertz CT molecular complexity index is 1150. The second kappa shape index (κ2) is 9.15. The van der Waals surface area contributed by atoms with E-state index in [1.54, 1.807) is 26.4 Å². The monoisotopic (exact) mass is 432 g/mol. The Labute approximate surface area is 185 Å². The van der Waals surface area contributed by atoms with Gasteiger partial charge in [0.2, 0.25) is 5.91 Å². The van der Waals surface area contributed by atoms with Crippen molar-refractivity contribution >= 4 is 34.3 Å². The van der Waals surface area contributed by atoms with Gasteiger partial charge in [0.1, 0.15) is 6.04 Å². The van der Waals surface area contributed by atoms with E-state index in [1.807, 2.05) is 54.6 Å². The largest absolute Gasteiger partial charge is 0.349 e. The van der Waals surface area contributed by atoms with Crippen LogP contribution < -0.4 is 10.6 Å². The van der Waals surface area contributed by atoms with Crippen LogP contribution in [0.25, 0.3) is 10.9 Å². The number of carbonyl (C=O) groups excluding carboxylic acids is 3. The molecule has 0 aliphatic carbocycles. The molecule has 1 fully saturated rings. The van der Waals surface area contributed by atoms with E-state index in [4.69, 9.17) is 4.74 Å². The zero-order valence-corrected chi connectivity index (χ0v) is 17.8. The number of benzene rings is 2. The van der Waals surface area contributed by atoms with Crippen molar-refractivity contribution in [3.05, 3.63) is 72.4 Å². The van der Waals surface area contributed by atoms with Gasteiger partial charge >= 0.3 is 0 Å². The first-order chi connectivity index (χ1) is 15.4. The van der Waals surface area contributed by atoms with E-state index < -0.39 is 30.1 Å². The Morgan fingerprint density at radius 2 is 1.75 bits per heavy atom. The van der Waals surface area contributed by atoms with E-state index in [1.165, 1.54) is 4.90 Å². The van der Waals surface area contributed by atoms with Crippen LogP contribution >= 0.6 is 0 Å². The SMILES string of the molecule is CN(C)C(=O)[C@H](Cc1ccccc1)NC(=O)C1OC1C(=O)Nc1ccc2ncccc2c1. The number of hydrogen-bond acceptors (Lipinski definition) is 5. The molecule has 1 saturated heterocycles. The predicted octanol–water partition coefficient (Wildman–Crippen LogP) is 1.76. The number of fused-ring (bicyclic) bond motifs is 1. The molecule has 3 amide bonds. The molecule has 0 spiro atoms. The van der Waals surface area contributed by atoms with Gasteiger partial charge in [-0.3, -0.25) is 19.4 Å². The molecule has 32 heavy (non-hydrogen) atoms. The summed E-state index contributed by atoms with van der Waals surface area (Å²) in [6.45, 7) is 0. The number of nitrogens with zero attached hydrogens (tertiary/aromatic N) is 2. The molecule has 3 atom stereocenters. The standard InChI is InChI=1S/C24H24N4O4/c1-28(2)24(31)19(13-15-7-4-3-5-8-15)27-23(30)21-20(32-21)22(29)26-17-10-11-18-16(14-17)9-6-12-25-18/h3-12,14,19-21H,13H2,1-2H3,(H,26,29)(H,27,30)/t19-,20?,21?/m0/s1. The van der Waals surface area contributed by atoms with Gasteiger partial charge in [0, 0.05) is 37.8 Å². The maximum absolute atomic E-state index is 12.7. The van der Waals surface area contributed by atoms with Crippen molar-refractivity contribution in [1.82, 2.24) is 15.2 Å². The molecule has 2 heterocycles. The van der Waals surface area contributed by atoms with Crippen LogP contribution in [-0.2, 0) is 25.5 Å². The summed E-state index contributed by atoms with van der Waals surface area (Å²) in [5, 5.41) is 6.40. The van der Waals surface area contributed by atoms with Gasteiger partial charge in [-0.15, -0.1) is 0 Å². The molecule has 8 nitrogen and oxygen atoms in total. The lowest BCUT2D eigenvalue weighted by Gasteiger charge is -2.21. The Hall–Kier alpha value is -3.78. The summed E-state index contributed by atoms with van der Waals surface area (Å²) in [5.74, 6) is -1.12. The van der Waals surface area contributed by atoms with Gasteiger partial charge in [0.25, 0.3) is 11.8 Å². The lowest BCUT2D eigenvalue weighted by molar-refractivity contribution is -0.134. The number of pyridine rings is 1. The highest BCUT2D eigenvalue weighted by Gasteiger charge is 2.51. The van der Waals surface area contributed by atoms with E-state index in [0.717, 1.165) is 16.5 Å². The van der Waals surface area contributed by atoms with Crippen molar-refractivity contribution in [3.63, 3.8) is 0 Å². The maximum Gasteiger partial charge on any atom is 0.256 e. The van der Waals surface area contributed by atoms with Crippen LogP contribution in [0.15, 0.2) is 66.9 Å². The number of nitrogens with one attached hydrogen (secondary N) is 2. The molecule has 2 N–H and O–H groups in total. The zero-order valence-electron chi connectivity index (χ0n) is 17.8. The Morgan fingerprint density at radius 3 is 2.50 bits per heavy atom. The minimum Gasteiger partial charge on any atom is -0.349 e. The molecule has 2 aromatic carbocycles. The second-order valence-electron chi connectivity index (χ2n) is 7.86. The number of likely N-dealkylation sites (N-methyl/N-ethyl adjacent to an activating group) is 1. The molecule has 1 aromatic heterocycles. The highest BCUT2D eigenvalue weighted by atomic mass is 16.6. The zero-order chi connectivity index (χ0) is 22.7. The molecule has 0 bridgehead atoms. The average Bonchev–Trinajstić information content (AvgIpc) is 3.60. The number of ether oxygens (including phenoxy) is 1. The number of epoxide rings is 1. The minimum atomic E-state index is -0.926. The van der Waals surface area contributed by atoms with E-state index in [-0.39, 0.29) is 5.91 Å². The quantitative estimate of drug-likeness (QED) is 0.554. The fraction of sp³-hybridized carbons (Fsp3) is 0.250. The van der Waals surface area contributed by atoms with E-state index in [2.05, 4.69) is 15.6 Å². The summed E-state index contributed by atoms with van der Waals surface area (Å²) in [7, 11) is 3.27. The number of amides is 3. The number of hydrogen-bond donors (Lipinski definition) is 2. The molecule has 1 aliphatic heterocycles. The third kappa shape index (κ3) is 4.92. The normalized spacial score (nSPS) is 17.9. The molecular formula is C24H24N4O4. The van der Waals surface area contributed by atoms with Gasteiger partial charge in [-0.05, 0) is 29.8 Å². The molecule has 3 aromatic rings. The number of aromatic nitrogens is 1. The third-order valence-corrected chi connectivity index (χ3v) is 5.22. The first-order valence-electron chi connectivity index (χ1n) is 10.3. The van der Waals surface area contributed by atoms with Crippen molar-refractivity contribution < 1.29 is 19.1 Å². The van der Waals surface area contributed by atoms with Gasteiger partial charge in [-0.1, -0.05) is 36.4 Å². The van der Waals surface area contributed by atoms with Crippen molar-refractivity contribution in [1.29, 1.82) is 0 Å². The molecule has 8 heteroatoms. The minimum absolute atomic E-state index is 0.228. The smallest absolute Gasteiger partial charge is 0.256 e. The van der Waals surface area contributed by atoms with Crippen molar-refractivity contribution in [2.24, 2.45) is 0 Å². The number of rotatable bonds is 7. The van der Waals surface area contributed by atoms with Crippen LogP contribution in [0.3, 0.4) is 0 Å². The summed E-state index contributed by atoms with van der Waals surface area (Å²) < 4.78 is 5.33. The summed E-state index contributed by atoms with van der Waals surface area (Å²) in [6, 6.07) is 17.8. The second-order valence-corrected chi connectivity index (χ2v) is 7.86. The van der Waals surface area contributed by atoms with Gasteiger partial charge in [-0.2, -0.15) is 0 Å². The first kappa shape index (κ1) is 21.5. The van der Waals surface area contributed by atoms with Gasteiger partial charge in [-0.25, -0.2) is 0 Å². The van der Waals surface area contributed by atoms with Gasteiger partial charge in [0.05, 0.1) is 5.52 Å².